The van der Waals surface area contributed by atoms with Gasteiger partial charge in [-0.05, 0) is 36.8 Å². The lowest BCUT2D eigenvalue weighted by Gasteiger charge is -2.18. The zero-order valence-electron chi connectivity index (χ0n) is 16.7. The Morgan fingerprint density at radius 2 is 1.85 bits per heavy atom. The number of nitrogens with one attached hydrogen (secondary N) is 1. The number of aromatic hydroxyl groups is 1. The molecule has 1 aliphatic heterocycles. The van der Waals surface area contributed by atoms with Gasteiger partial charge in [-0.25, -0.2) is 17.5 Å². The molecule has 13 heteroatoms. The highest BCUT2D eigenvalue weighted by Crippen LogP contribution is 2.34. The third-order valence-electron chi connectivity index (χ3n) is 4.94. The lowest BCUT2D eigenvalue weighted by Crippen LogP contribution is -2.26. The minimum Gasteiger partial charge on any atom is -0.504 e. The van der Waals surface area contributed by atoms with Crippen LogP contribution >= 0.6 is 0 Å². The van der Waals surface area contributed by atoms with E-state index in [4.69, 9.17) is 0 Å². The Morgan fingerprint density at radius 3 is 2.52 bits per heavy atom. The van der Waals surface area contributed by atoms with Crippen LogP contribution in [0.5, 0.6) is 5.75 Å². The summed E-state index contributed by atoms with van der Waals surface area (Å²) in [5.74, 6) is -2.62. The van der Waals surface area contributed by atoms with Crippen LogP contribution in [0.2, 0.25) is 0 Å². The molecule has 174 valence electrons. The van der Waals surface area contributed by atoms with Crippen LogP contribution in [0.3, 0.4) is 0 Å². The standard InChI is InChI=1S/C20H16F4N4O4S/c21-14-7-6-12(10-16(14)28-8-3-9-33(28,31)32)25-19(30)18-17(29)11-27(26-18)15-5-2-1-4-13(15)20(22,23)24/h1-2,4-7,10-11,29H,3,8-9H2,(H,25,30). The number of para-hydroxylation sites is 1. The van der Waals surface area contributed by atoms with Gasteiger partial charge in [-0.3, -0.25) is 9.10 Å². The number of nitrogens with zero attached hydrogens (tertiary/aromatic N) is 3. The van der Waals surface area contributed by atoms with Crippen molar-refractivity contribution < 1.29 is 35.9 Å². The maximum absolute atomic E-state index is 14.2. The molecule has 0 bridgehead atoms. The van der Waals surface area contributed by atoms with Crippen molar-refractivity contribution in [2.75, 3.05) is 21.9 Å². The number of halogens is 4. The first kappa shape index (κ1) is 22.6. The van der Waals surface area contributed by atoms with E-state index in [2.05, 4.69) is 10.4 Å². The number of anilines is 2. The average molecular weight is 484 g/mol. The number of carbonyl (C=O) groups excluding carboxylic acids is 1. The molecule has 1 amide bonds. The lowest BCUT2D eigenvalue weighted by molar-refractivity contribution is -0.137. The van der Waals surface area contributed by atoms with Crippen molar-refractivity contribution in [3.63, 3.8) is 0 Å². The average Bonchev–Trinajstić information content (AvgIpc) is 3.30. The van der Waals surface area contributed by atoms with Crippen LogP contribution in [-0.4, -0.2) is 41.5 Å². The van der Waals surface area contributed by atoms with Gasteiger partial charge in [-0.1, -0.05) is 12.1 Å². The molecule has 8 nitrogen and oxygen atoms in total. The quantitative estimate of drug-likeness (QED) is 0.552. The first-order valence-electron chi connectivity index (χ1n) is 9.54. The fourth-order valence-corrected chi connectivity index (χ4v) is 5.01. The van der Waals surface area contributed by atoms with E-state index in [0.29, 0.717) is 6.42 Å². The third kappa shape index (κ3) is 4.35. The maximum Gasteiger partial charge on any atom is 0.418 e. The smallest absolute Gasteiger partial charge is 0.418 e. The molecule has 33 heavy (non-hydrogen) atoms. The summed E-state index contributed by atoms with van der Waals surface area (Å²) in [6.07, 6.45) is -3.52. The van der Waals surface area contributed by atoms with Crippen molar-refractivity contribution >= 4 is 27.3 Å². The second-order valence-electron chi connectivity index (χ2n) is 7.18. The van der Waals surface area contributed by atoms with E-state index >= 15 is 0 Å². The molecular weight excluding hydrogens is 468 g/mol. The van der Waals surface area contributed by atoms with Crippen molar-refractivity contribution in [2.45, 2.75) is 12.6 Å². The number of hydrogen-bond acceptors (Lipinski definition) is 5. The summed E-state index contributed by atoms with van der Waals surface area (Å²) in [5.41, 5.74) is -2.24. The topological polar surface area (TPSA) is 105 Å². The van der Waals surface area contributed by atoms with E-state index in [-0.39, 0.29) is 23.7 Å². The van der Waals surface area contributed by atoms with Crippen LogP contribution in [0.25, 0.3) is 5.69 Å². The van der Waals surface area contributed by atoms with Gasteiger partial charge in [-0.15, -0.1) is 0 Å². The molecule has 0 radical (unpaired) electrons. The number of alkyl halides is 3. The van der Waals surface area contributed by atoms with Gasteiger partial charge >= 0.3 is 6.18 Å². The molecule has 0 atom stereocenters. The Morgan fingerprint density at radius 1 is 1.12 bits per heavy atom. The second-order valence-corrected chi connectivity index (χ2v) is 9.20. The molecule has 1 aromatic heterocycles. The van der Waals surface area contributed by atoms with E-state index in [1.54, 1.807) is 0 Å². The Bertz CT molecular complexity index is 1340. The fraction of sp³-hybridized carbons (Fsp3) is 0.200. The number of aromatic nitrogens is 2. The van der Waals surface area contributed by atoms with Gasteiger partial charge in [0.05, 0.1) is 28.9 Å². The Balaban J connectivity index is 1.63. The molecule has 0 saturated carbocycles. The molecule has 1 saturated heterocycles. The zero-order valence-corrected chi connectivity index (χ0v) is 17.5. The first-order chi connectivity index (χ1) is 15.5. The van der Waals surface area contributed by atoms with Gasteiger partial charge in [0.1, 0.15) is 5.82 Å². The summed E-state index contributed by atoms with van der Waals surface area (Å²) in [7, 11) is -3.68. The van der Waals surface area contributed by atoms with Crippen molar-refractivity contribution in [1.82, 2.24) is 9.78 Å². The van der Waals surface area contributed by atoms with Crippen LogP contribution in [-0.2, 0) is 16.2 Å². The molecule has 0 aliphatic carbocycles. The first-order valence-corrected chi connectivity index (χ1v) is 11.1. The van der Waals surface area contributed by atoms with Crippen molar-refractivity contribution in [1.29, 1.82) is 0 Å². The second kappa shape index (κ2) is 8.06. The number of hydrogen-bond donors (Lipinski definition) is 2. The van der Waals surface area contributed by atoms with E-state index in [9.17, 15) is 35.9 Å². The number of sulfonamides is 1. The van der Waals surface area contributed by atoms with Gasteiger partial charge < -0.3 is 10.4 Å². The van der Waals surface area contributed by atoms with E-state index in [1.165, 1.54) is 18.2 Å². The highest BCUT2D eigenvalue weighted by atomic mass is 32.2. The minimum absolute atomic E-state index is 0.00291. The molecule has 2 aromatic carbocycles. The molecule has 4 rings (SSSR count). The predicted octanol–water partition coefficient (Wildman–Crippen LogP) is 3.53. The van der Waals surface area contributed by atoms with Gasteiger partial charge in [-0.2, -0.15) is 18.3 Å². The molecule has 2 heterocycles. The van der Waals surface area contributed by atoms with Crippen molar-refractivity contribution in [2.24, 2.45) is 0 Å². The number of carbonyl (C=O) groups is 1. The Kier molecular flexibility index (Phi) is 5.52. The maximum atomic E-state index is 14.2. The normalized spacial score (nSPS) is 15.6. The highest BCUT2D eigenvalue weighted by Gasteiger charge is 2.34. The highest BCUT2D eigenvalue weighted by molar-refractivity contribution is 7.93. The minimum atomic E-state index is -4.69. The summed E-state index contributed by atoms with van der Waals surface area (Å²) in [6, 6.07) is 7.75. The van der Waals surface area contributed by atoms with Gasteiger partial charge in [0.15, 0.2) is 11.4 Å². The summed E-state index contributed by atoms with van der Waals surface area (Å²) < 4.78 is 79.9. The molecule has 1 fully saturated rings. The van der Waals surface area contributed by atoms with Crippen molar-refractivity contribution in [3.8, 4) is 11.4 Å². The number of rotatable bonds is 4. The van der Waals surface area contributed by atoms with Crippen LogP contribution in [0, 0.1) is 5.82 Å². The largest absolute Gasteiger partial charge is 0.504 e. The Hall–Kier alpha value is -3.61. The molecule has 2 N–H and O–H groups in total. The summed E-state index contributed by atoms with van der Waals surface area (Å²) in [4.78, 5) is 12.6. The van der Waals surface area contributed by atoms with Crippen LogP contribution in [0.4, 0.5) is 28.9 Å². The zero-order chi connectivity index (χ0) is 24.0. The summed E-state index contributed by atoms with van der Waals surface area (Å²) in [5, 5.41) is 16.2. The summed E-state index contributed by atoms with van der Waals surface area (Å²) in [6.45, 7) is 0.0838. The number of amides is 1. The van der Waals surface area contributed by atoms with Crippen molar-refractivity contribution in [3.05, 3.63) is 65.7 Å². The molecule has 1 aliphatic rings. The van der Waals surface area contributed by atoms with Crippen LogP contribution in [0.1, 0.15) is 22.5 Å². The molecule has 0 spiro atoms. The lowest BCUT2D eigenvalue weighted by atomic mass is 10.2. The van der Waals surface area contributed by atoms with E-state index in [0.717, 1.165) is 39.4 Å². The van der Waals surface area contributed by atoms with E-state index < -0.39 is 50.6 Å². The van der Waals surface area contributed by atoms with E-state index in [1.807, 2.05) is 0 Å². The van der Waals surface area contributed by atoms with Gasteiger partial charge in [0, 0.05) is 12.2 Å². The predicted molar refractivity (Wildman–Crippen MR) is 110 cm³/mol. The van der Waals surface area contributed by atoms with Crippen LogP contribution < -0.4 is 9.62 Å². The molecule has 0 unspecified atom stereocenters. The van der Waals surface area contributed by atoms with Crippen LogP contribution in [0.15, 0.2) is 48.7 Å². The Labute approximate surface area is 185 Å². The van der Waals surface area contributed by atoms with Gasteiger partial charge in [0.25, 0.3) is 5.91 Å². The third-order valence-corrected chi connectivity index (χ3v) is 6.79. The molecular formula is C20H16F4N4O4S. The SMILES string of the molecule is O=C(Nc1ccc(F)c(N2CCCS2(=O)=O)c1)c1nn(-c2ccccc2C(F)(F)F)cc1O. The van der Waals surface area contributed by atoms with Gasteiger partial charge in [0.2, 0.25) is 10.0 Å². The monoisotopic (exact) mass is 484 g/mol. The fourth-order valence-electron chi connectivity index (χ4n) is 3.45. The number of benzene rings is 2. The molecule has 3 aromatic rings. The summed E-state index contributed by atoms with van der Waals surface area (Å²) >= 11 is 0.